The number of hydrogen-bond acceptors (Lipinski definition) is 9. The van der Waals surface area contributed by atoms with Crippen LogP contribution >= 0.6 is 11.8 Å². The fourth-order valence-electron chi connectivity index (χ4n) is 4.47. The zero-order chi connectivity index (χ0) is 30.7. The lowest BCUT2D eigenvalue weighted by Gasteiger charge is -2.24. The van der Waals surface area contributed by atoms with Gasteiger partial charge in [-0.1, -0.05) is 56.8 Å². The van der Waals surface area contributed by atoms with Gasteiger partial charge in [0, 0.05) is 16.7 Å². The van der Waals surface area contributed by atoms with Crippen molar-refractivity contribution in [2.75, 3.05) is 7.11 Å². The van der Waals surface area contributed by atoms with Crippen LogP contribution in [0.4, 0.5) is 4.39 Å². The highest BCUT2D eigenvalue weighted by molar-refractivity contribution is 8.14. The smallest absolute Gasteiger partial charge is 0.392 e. The molecule has 0 saturated carbocycles. The van der Waals surface area contributed by atoms with Crippen LogP contribution in [0.5, 0.6) is 11.5 Å². The lowest BCUT2D eigenvalue weighted by Crippen LogP contribution is -2.26. The lowest BCUT2D eigenvalue weighted by molar-refractivity contribution is 0.0462. The summed E-state index contributed by atoms with van der Waals surface area (Å²) in [4.78, 5) is 29.7. The summed E-state index contributed by atoms with van der Waals surface area (Å²) >= 11 is 1.34. The summed E-state index contributed by atoms with van der Waals surface area (Å²) in [5, 5.41) is 6.03. The van der Waals surface area contributed by atoms with Crippen LogP contribution < -0.4 is 15.4 Å². The predicted molar refractivity (Wildman–Crippen MR) is 160 cm³/mol. The summed E-state index contributed by atoms with van der Waals surface area (Å²) in [5.74, 6) is 4.53. The molecule has 3 aromatic carbocycles. The number of para-hydroxylation sites is 1. The molecule has 1 aromatic heterocycles. The zero-order valence-electron chi connectivity index (χ0n) is 24.0. The van der Waals surface area contributed by atoms with Crippen LogP contribution in [0, 0.1) is 5.82 Å². The Labute approximate surface area is 252 Å². The number of rotatable bonds is 8. The molecule has 9 nitrogen and oxygen atoms in total. The highest BCUT2D eigenvalue weighted by Crippen LogP contribution is 2.47. The van der Waals surface area contributed by atoms with Crippen molar-refractivity contribution in [3.8, 4) is 11.5 Å². The van der Waals surface area contributed by atoms with E-state index in [1.165, 1.54) is 42.1 Å². The molecule has 0 bridgehead atoms. The second-order valence-electron chi connectivity index (χ2n) is 10.7. The summed E-state index contributed by atoms with van der Waals surface area (Å²) in [7, 11) is 1.51. The van der Waals surface area contributed by atoms with Gasteiger partial charge in [-0.05, 0) is 65.6 Å². The number of benzene rings is 3. The molecule has 4 aromatic rings. The molecule has 0 spiro atoms. The number of halogens is 1. The van der Waals surface area contributed by atoms with Gasteiger partial charge in [0.25, 0.3) is 5.91 Å². The molecule has 1 unspecified atom stereocenters. The Bertz CT molecular complexity index is 1660. The van der Waals surface area contributed by atoms with Gasteiger partial charge in [0.1, 0.15) is 28.6 Å². The second kappa shape index (κ2) is 12.3. The van der Waals surface area contributed by atoms with Crippen LogP contribution in [0.15, 0.2) is 88.4 Å². The Morgan fingerprint density at radius 3 is 2.40 bits per heavy atom. The number of ether oxygens (including phenoxy) is 2. The molecule has 5 rings (SSSR count). The van der Waals surface area contributed by atoms with Gasteiger partial charge in [-0.25, -0.2) is 14.2 Å². The molecular formula is C32H30FN3O6S. The minimum atomic E-state index is -0.807. The Hall–Kier alpha value is -4.61. The predicted octanol–water partition coefficient (Wildman–Crippen LogP) is 6.58. The first-order valence-electron chi connectivity index (χ1n) is 13.3. The topological polar surface area (TPSA) is 117 Å². The van der Waals surface area contributed by atoms with Crippen LogP contribution in [-0.4, -0.2) is 29.0 Å². The minimum Gasteiger partial charge on any atom is -0.492 e. The Morgan fingerprint density at radius 1 is 1.02 bits per heavy atom. The van der Waals surface area contributed by atoms with Crippen LogP contribution in [0.25, 0.3) is 0 Å². The van der Waals surface area contributed by atoms with Gasteiger partial charge in [-0.2, -0.15) is 11.0 Å². The van der Waals surface area contributed by atoms with Crippen LogP contribution in [0.1, 0.15) is 69.5 Å². The first-order chi connectivity index (χ1) is 20.6. The molecule has 2 heterocycles. The number of carbonyl (C=O) groups is 2. The highest BCUT2D eigenvalue weighted by Gasteiger charge is 2.37. The number of hydrazone groups is 1. The molecule has 1 atom stereocenters. The fourth-order valence-corrected chi connectivity index (χ4v) is 5.65. The number of hydrogen-bond donors (Lipinski definition) is 1. The van der Waals surface area contributed by atoms with Crippen LogP contribution in [-0.2, 0) is 16.9 Å². The van der Waals surface area contributed by atoms with Gasteiger partial charge in [0.2, 0.25) is 5.76 Å². The third-order valence-corrected chi connectivity index (χ3v) is 7.98. The van der Waals surface area contributed by atoms with E-state index in [0.717, 1.165) is 5.56 Å². The standard InChI is InChI=1S/C32H30FN3O6S/c1-32(2,3)21-12-8-20(9-13-21)29(37)36-30(43-28(35-36)19-10-14-22(33)15-11-19)24-6-5-7-25(27(24)39-4)40-18-23-16-17-26(41-23)31(38)42-34/h5-17,30H,18,34H2,1-4H3. The summed E-state index contributed by atoms with van der Waals surface area (Å²) in [6, 6.07) is 21.8. The number of methoxy groups -OCH3 is 1. The molecule has 11 heteroatoms. The van der Waals surface area contributed by atoms with E-state index in [9.17, 15) is 14.0 Å². The second-order valence-corrected chi connectivity index (χ2v) is 11.8. The first kappa shape index (κ1) is 29.9. The maximum absolute atomic E-state index is 13.9. The molecule has 43 heavy (non-hydrogen) atoms. The van der Waals surface area contributed by atoms with Crippen molar-refractivity contribution < 1.29 is 32.7 Å². The van der Waals surface area contributed by atoms with Gasteiger partial charge < -0.3 is 18.7 Å². The maximum Gasteiger partial charge on any atom is 0.392 e. The van der Waals surface area contributed by atoms with Gasteiger partial charge in [-0.15, -0.1) is 0 Å². The largest absolute Gasteiger partial charge is 0.492 e. The van der Waals surface area contributed by atoms with E-state index in [-0.39, 0.29) is 29.5 Å². The first-order valence-corrected chi connectivity index (χ1v) is 14.2. The molecule has 0 fully saturated rings. The number of thioether (sulfide) groups is 1. The van der Waals surface area contributed by atoms with E-state index < -0.39 is 11.3 Å². The van der Waals surface area contributed by atoms with E-state index in [4.69, 9.17) is 24.9 Å². The van der Waals surface area contributed by atoms with Crippen molar-refractivity contribution in [2.45, 2.75) is 38.2 Å². The molecule has 0 radical (unpaired) electrons. The van der Waals surface area contributed by atoms with Crippen molar-refractivity contribution in [3.63, 3.8) is 0 Å². The molecule has 1 aliphatic rings. The molecular weight excluding hydrogens is 573 g/mol. The van der Waals surface area contributed by atoms with E-state index in [2.05, 4.69) is 25.6 Å². The van der Waals surface area contributed by atoms with E-state index in [0.29, 0.717) is 39.0 Å². The average Bonchev–Trinajstić information content (AvgIpc) is 3.67. The molecule has 2 N–H and O–H groups in total. The van der Waals surface area contributed by atoms with Crippen molar-refractivity contribution in [1.29, 1.82) is 0 Å². The average molecular weight is 604 g/mol. The normalized spacial score (nSPS) is 14.8. The van der Waals surface area contributed by atoms with E-state index in [1.54, 1.807) is 42.5 Å². The van der Waals surface area contributed by atoms with Gasteiger partial charge in [0.05, 0.1) is 7.11 Å². The van der Waals surface area contributed by atoms with Crippen LogP contribution in [0.2, 0.25) is 0 Å². The fraction of sp³-hybridized carbons (Fsp3) is 0.219. The summed E-state index contributed by atoms with van der Waals surface area (Å²) < 4.78 is 30.9. The number of carbonyl (C=O) groups excluding carboxylic acids is 2. The molecule has 1 amide bonds. The SMILES string of the molecule is COc1c(OCc2ccc(C(=O)ON)o2)cccc1C1SC(c2ccc(F)cc2)=NN1C(=O)c1ccc(C(C)(C)C)cc1. The van der Waals surface area contributed by atoms with Crippen molar-refractivity contribution in [1.82, 2.24) is 5.01 Å². The van der Waals surface area contributed by atoms with Crippen molar-refractivity contribution >= 4 is 28.7 Å². The summed E-state index contributed by atoms with van der Waals surface area (Å²) in [6.07, 6.45) is 0. The monoisotopic (exact) mass is 603 g/mol. The molecule has 1 aliphatic heterocycles. The van der Waals surface area contributed by atoms with Gasteiger partial charge in [-0.3, -0.25) is 4.79 Å². The third kappa shape index (κ3) is 6.42. The number of nitrogens with zero attached hydrogens (tertiary/aromatic N) is 2. The maximum atomic E-state index is 13.9. The Morgan fingerprint density at radius 2 is 1.74 bits per heavy atom. The summed E-state index contributed by atoms with van der Waals surface area (Å²) in [6.45, 7) is 6.30. The van der Waals surface area contributed by atoms with Gasteiger partial charge >= 0.3 is 5.97 Å². The third-order valence-electron chi connectivity index (χ3n) is 6.76. The van der Waals surface area contributed by atoms with Crippen molar-refractivity contribution in [3.05, 3.63) is 118 Å². The molecule has 222 valence electrons. The minimum absolute atomic E-state index is 0.0183. The van der Waals surface area contributed by atoms with E-state index in [1.807, 2.05) is 18.2 Å². The van der Waals surface area contributed by atoms with Crippen molar-refractivity contribution in [2.24, 2.45) is 11.0 Å². The number of furan rings is 1. The summed E-state index contributed by atoms with van der Waals surface area (Å²) in [5.41, 5.74) is 2.81. The lowest BCUT2D eigenvalue weighted by atomic mass is 9.86. The Balaban J connectivity index is 1.47. The zero-order valence-corrected chi connectivity index (χ0v) is 24.8. The highest BCUT2D eigenvalue weighted by atomic mass is 32.2. The van der Waals surface area contributed by atoms with Gasteiger partial charge in [0.15, 0.2) is 11.5 Å². The number of nitrogens with two attached hydrogens (primary N) is 1. The van der Waals surface area contributed by atoms with E-state index >= 15 is 0 Å². The Kier molecular flexibility index (Phi) is 8.56. The van der Waals surface area contributed by atoms with Crippen LogP contribution in [0.3, 0.4) is 0 Å². The molecule has 0 saturated heterocycles. The number of amides is 1. The quantitative estimate of drug-likeness (QED) is 0.225. The molecule has 0 aliphatic carbocycles.